The standard InChI is InChI=1S/C16H24N6OS/c1-12-8-14(20-23-12)11-21-4-6-22(7-5-21)16(17-3)19-10-15-18-9-13(2)24-15/h8-9H,4-7,10-11H2,1-3H3,(H,17,19). The minimum absolute atomic E-state index is 0.726. The highest BCUT2D eigenvalue weighted by Gasteiger charge is 2.20. The van der Waals surface area contributed by atoms with Crippen LogP contribution in [0.5, 0.6) is 0 Å². The fraction of sp³-hybridized carbons (Fsp3) is 0.562. The molecule has 1 fully saturated rings. The number of nitrogens with zero attached hydrogens (tertiary/aromatic N) is 5. The van der Waals surface area contributed by atoms with Gasteiger partial charge in [0.2, 0.25) is 0 Å². The van der Waals surface area contributed by atoms with E-state index in [-0.39, 0.29) is 0 Å². The molecule has 0 aliphatic carbocycles. The molecule has 0 atom stereocenters. The molecule has 2 aromatic heterocycles. The number of guanidine groups is 1. The van der Waals surface area contributed by atoms with Crippen LogP contribution in [0, 0.1) is 13.8 Å². The molecule has 1 aliphatic rings. The number of hydrogen-bond donors (Lipinski definition) is 1. The lowest BCUT2D eigenvalue weighted by atomic mass is 10.3. The molecular formula is C16H24N6OS. The Kier molecular flexibility index (Phi) is 5.47. The Morgan fingerprint density at radius 3 is 2.71 bits per heavy atom. The van der Waals surface area contributed by atoms with Crippen molar-refractivity contribution in [1.29, 1.82) is 0 Å². The number of aryl methyl sites for hydroxylation is 2. The molecule has 24 heavy (non-hydrogen) atoms. The third-order valence-electron chi connectivity index (χ3n) is 4.01. The fourth-order valence-corrected chi connectivity index (χ4v) is 3.54. The van der Waals surface area contributed by atoms with E-state index in [0.29, 0.717) is 0 Å². The van der Waals surface area contributed by atoms with E-state index in [0.717, 1.165) is 61.7 Å². The molecule has 0 unspecified atom stereocenters. The molecular weight excluding hydrogens is 324 g/mol. The van der Waals surface area contributed by atoms with Gasteiger partial charge in [0.05, 0.1) is 12.2 Å². The summed E-state index contributed by atoms with van der Waals surface area (Å²) in [6.07, 6.45) is 1.91. The molecule has 1 aliphatic heterocycles. The van der Waals surface area contributed by atoms with Crippen LogP contribution in [0.2, 0.25) is 0 Å². The number of thiazole rings is 1. The largest absolute Gasteiger partial charge is 0.361 e. The molecule has 0 saturated carbocycles. The second-order valence-corrected chi connectivity index (χ2v) is 7.28. The van der Waals surface area contributed by atoms with Gasteiger partial charge >= 0.3 is 0 Å². The summed E-state index contributed by atoms with van der Waals surface area (Å²) in [5.41, 5.74) is 1.00. The molecule has 0 spiro atoms. The van der Waals surface area contributed by atoms with Crippen molar-refractivity contribution in [3.8, 4) is 0 Å². The summed E-state index contributed by atoms with van der Waals surface area (Å²) in [6.45, 7) is 9.45. The lowest BCUT2D eigenvalue weighted by Gasteiger charge is -2.36. The van der Waals surface area contributed by atoms with E-state index < -0.39 is 0 Å². The van der Waals surface area contributed by atoms with Crippen molar-refractivity contribution < 1.29 is 4.52 Å². The number of aliphatic imine (C=N–C) groups is 1. The summed E-state index contributed by atoms with van der Waals surface area (Å²) < 4.78 is 5.14. The highest BCUT2D eigenvalue weighted by molar-refractivity contribution is 7.11. The summed E-state index contributed by atoms with van der Waals surface area (Å²) in [6, 6.07) is 2.00. The van der Waals surface area contributed by atoms with Crippen molar-refractivity contribution in [3.05, 3.63) is 33.6 Å². The van der Waals surface area contributed by atoms with Crippen molar-refractivity contribution in [3.63, 3.8) is 0 Å². The van der Waals surface area contributed by atoms with Gasteiger partial charge in [-0.25, -0.2) is 4.98 Å². The number of piperazine rings is 1. The first-order chi connectivity index (χ1) is 11.6. The summed E-state index contributed by atoms with van der Waals surface area (Å²) in [5.74, 6) is 1.81. The zero-order valence-electron chi connectivity index (χ0n) is 14.4. The monoisotopic (exact) mass is 348 g/mol. The van der Waals surface area contributed by atoms with Gasteiger partial charge in [0.25, 0.3) is 0 Å². The van der Waals surface area contributed by atoms with Gasteiger partial charge in [-0.15, -0.1) is 11.3 Å². The van der Waals surface area contributed by atoms with E-state index in [1.807, 2.05) is 26.2 Å². The number of aromatic nitrogens is 2. The minimum atomic E-state index is 0.726. The van der Waals surface area contributed by atoms with E-state index in [4.69, 9.17) is 4.52 Å². The van der Waals surface area contributed by atoms with Crippen LogP contribution in [-0.4, -0.2) is 59.1 Å². The van der Waals surface area contributed by atoms with Crippen LogP contribution in [0.1, 0.15) is 21.3 Å². The first-order valence-electron chi connectivity index (χ1n) is 8.15. The predicted molar refractivity (Wildman–Crippen MR) is 95.1 cm³/mol. The average molecular weight is 348 g/mol. The quantitative estimate of drug-likeness (QED) is 0.669. The van der Waals surface area contributed by atoms with Gasteiger partial charge in [-0.3, -0.25) is 9.89 Å². The van der Waals surface area contributed by atoms with E-state index in [2.05, 4.69) is 37.2 Å². The third kappa shape index (κ3) is 4.33. The van der Waals surface area contributed by atoms with Crippen LogP contribution in [0.3, 0.4) is 0 Å². The topological polar surface area (TPSA) is 69.8 Å². The molecule has 8 heteroatoms. The first-order valence-corrected chi connectivity index (χ1v) is 8.97. The summed E-state index contributed by atoms with van der Waals surface area (Å²) in [4.78, 5) is 14.7. The molecule has 3 rings (SSSR count). The van der Waals surface area contributed by atoms with Crippen molar-refractivity contribution in [2.75, 3.05) is 33.2 Å². The zero-order chi connectivity index (χ0) is 16.9. The van der Waals surface area contributed by atoms with E-state index in [1.165, 1.54) is 4.88 Å². The molecule has 0 radical (unpaired) electrons. The normalized spacial score (nSPS) is 16.6. The van der Waals surface area contributed by atoms with Crippen molar-refractivity contribution in [2.45, 2.75) is 26.9 Å². The third-order valence-corrected chi connectivity index (χ3v) is 4.93. The van der Waals surface area contributed by atoms with E-state index in [1.54, 1.807) is 11.3 Å². The van der Waals surface area contributed by atoms with Crippen LogP contribution in [0.25, 0.3) is 0 Å². The van der Waals surface area contributed by atoms with Crippen molar-refractivity contribution in [1.82, 2.24) is 25.3 Å². The maximum absolute atomic E-state index is 5.14. The number of rotatable bonds is 4. The molecule has 130 valence electrons. The van der Waals surface area contributed by atoms with Crippen LogP contribution in [-0.2, 0) is 13.1 Å². The van der Waals surface area contributed by atoms with Crippen LogP contribution >= 0.6 is 11.3 Å². The Balaban J connectivity index is 1.47. The number of hydrogen-bond acceptors (Lipinski definition) is 6. The zero-order valence-corrected chi connectivity index (χ0v) is 15.3. The van der Waals surface area contributed by atoms with Crippen molar-refractivity contribution >= 4 is 17.3 Å². The maximum atomic E-state index is 5.14. The molecule has 2 aromatic rings. The summed E-state index contributed by atoms with van der Waals surface area (Å²) >= 11 is 1.72. The molecule has 7 nitrogen and oxygen atoms in total. The van der Waals surface area contributed by atoms with Gasteiger partial charge in [0.15, 0.2) is 5.96 Å². The number of nitrogens with one attached hydrogen (secondary N) is 1. The SMILES string of the molecule is CN=C(NCc1ncc(C)s1)N1CCN(Cc2cc(C)on2)CC1. The average Bonchev–Trinajstić information content (AvgIpc) is 3.18. The smallest absolute Gasteiger partial charge is 0.194 e. The lowest BCUT2D eigenvalue weighted by Crippen LogP contribution is -2.52. The van der Waals surface area contributed by atoms with Gasteiger partial charge in [-0.2, -0.15) is 0 Å². The van der Waals surface area contributed by atoms with Gasteiger partial charge in [-0.05, 0) is 13.8 Å². The van der Waals surface area contributed by atoms with Crippen LogP contribution < -0.4 is 5.32 Å². The first kappa shape index (κ1) is 16.9. The Labute approximate surface area is 146 Å². The van der Waals surface area contributed by atoms with E-state index >= 15 is 0 Å². The Morgan fingerprint density at radius 2 is 2.12 bits per heavy atom. The Hall–Kier alpha value is -1.93. The van der Waals surface area contributed by atoms with Crippen molar-refractivity contribution in [2.24, 2.45) is 4.99 Å². The summed E-state index contributed by atoms with van der Waals surface area (Å²) in [5, 5.41) is 8.58. The fourth-order valence-electron chi connectivity index (χ4n) is 2.81. The molecule has 1 N–H and O–H groups in total. The highest BCUT2D eigenvalue weighted by atomic mass is 32.1. The van der Waals surface area contributed by atoms with Gasteiger partial charge in [-0.1, -0.05) is 5.16 Å². The van der Waals surface area contributed by atoms with Crippen LogP contribution in [0.4, 0.5) is 0 Å². The molecule has 3 heterocycles. The van der Waals surface area contributed by atoms with Gasteiger partial charge in [0.1, 0.15) is 10.8 Å². The Bertz CT molecular complexity index is 686. The summed E-state index contributed by atoms with van der Waals surface area (Å²) in [7, 11) is 1.83. The lowest BCUT2D eigenvalue weighted by molar-refractivity contribution is 0.169. The molecule has 0 bridgehead atoms. The van der Waals surface area contributed by atoms with Crippen LogP contribution in [0.15, 0.2) is 21.8 Å². The Morgan fingerprint density at radius 1 is 1.33 bits per heavy atom. The van der Waals surface area contributed by atoms with E-state index in [9.17, 15) is 0 Å². The van der Waals surface area contributed by atoms with Gasteiger partial charge < -0.3 is 14.7 Å². The maximum Gasteiger partial charge on any atom is 0.194 e. The minimum Gasteiger partial charge on any atom is -0.361 e. The molecule has 0 amide bonds. The second kappa shape index (κ2) is 7.76. The molecule has 0 aromatic carbocycles. The predicted octanol–water partition coefficient (Wildman–Crippen LogP) is 1.64. The second-order valence-electron chi connectivity index (χ2n) is 5.96. The molecule has 1 saturated heterocycles. The van der Waals surface area contributed by atoms with Gasteiger partial charge in [0, 0.05) is 56.9 Å². The highest BCUT2D eigenvalue weighted by Crippen LogP contribution is 2.12.